The van der Waals surface area contributed by atoms with Gasteiger partial charge >= 0.3 is 0 Å². The zero-order chi connectivity index (χ0) is 13.6. The van der Waals surface area contributed by atoms with Crippen LogP contribution in [0.25, 0.3) is 10.8 Å². The maximum atomic E-state index is 11.2. The molecule has 0 aliphatic carbocycles. The minimum absolute atomic E-state index is 0.627. The zero-order valence-electron chi connectivity index (χ0n) is 11.5. The number of fused-ring (bicyclic) bond motifs is 3. The molecule has 4 rings (SSSR count). The second kappa shape index (κ2) is 4.74. The molecule has 0 saturated carbocycles. The van der Waals surface area contributed by atoms with Gasteiger partial charge in [0.2, 0.25) is 0 Å². The van der Waals surface area contributed by atoms with Gasteiger partial charge < -0.3 is 5.11 Å². The molecule has 2 fully saturated rings. The Morgan fingerprint density at radius 2 is 1.90 bits per heavy atom. The normalized spacial score (nSPS) is 33.2. The van der Waals surface area contributed by atoms with Crippen molar-refractivity contribution in [1.29, 1.82) is 0 Å². The van der Waals surface area contributed by atoms with E-state index in [1.54, 1.807) is 0 Å². The van der Waals surface area contributed by atoms with Crippen molar-refractivity contribution >= 4 is 22.5 Å². The highest BCUT2D eigenvalue weighted by Gasteiger charge is 2.42. The Bertz CT molecular complexity index is 630. The number of thioether (sulfide) groups is 1. The molecule has 2 aromatic rings. The average molecular weight is 285 g/mol. The Morgan fingerprint density at radius 1 is 1.10 bits per heavy atom. The second-order valence-corrected chi connectivity index (χ2v) is 7.79. The van der Waals surface area contributed by atoms with Crippen LogP contribution in [0.5, 0.6) is 0 Å². The lowest BCUT2D eigenvalue weighted by molar-refractivity contribution is 0.00825. The van der Waals surface area contributed by atoms with Gasteiger partial charge in [-0.15, -0.1) is 0 Å². The van der Waals surface area contributed by atoms with Gasteiger partial charge in [0.1, 0.15) is 0 Å². The number of benzene rings is 1. The fraction of sp³-hybridized carbons (Fsp3) is 0.471. The zero-order valence-corrected chi connectivity index (χ0v) is 12.3. The number of rotatable bonds is 1. The monoisotopic (exact) mass is 285 g/mol. The molecule has 1 aromatic carbocycles. The molecular weight excluding hydrogens is 266 g/mol. The van der Waals surface area contributed by atoms with E-state index < -0.39 is 5.60 Å². The van der Waals surface area contributed by atoms with Gasteiger partial charge in [-0.25, -0.2) is 0 Å². The van der Waals surface area contributed by atoms with Crippen LogP contribution in [0.1, 0.15) is 37.7 Å². The summed E-state index contributed by atoms with van der Waals surface area (Å²) in [6.45, 7) is 0. The van der Waals surface area contributed by atoms with Gasteiger partial charge in [-0.3, -0.25) is 4.98 Å². The van der Waals surface area contributed by atoms with E-state index in [1.807, 2.05) is 18.5 Å². The number of pyridine rings is 1. The van der Waals surface area contributed by atoms with E-state index in [1.165, 1.54) is 24.6 Å². The van der Waals surface area contributed by atoms with Crippen molar-refractivity contribution in [3.05, 3.63) is 42.2 Å². The van der Waals surface area contributed by atoms with Crippen LogP contribution >= 0.6 is 11.8 Å². The molecule has 2 bridgehead atoms. The average Bonchev–Trinajstić information content (AvgIpc) is 2.46. The standard InChI is InChI=1S/C17H19NOS/c19-17(9-15-2-1-3-16(10-17)20-15)14-5-4-13-11-18-7-6-12(13)8-14/h4-8,11,15-16,19H,1-3,9-10H2. The van der Waals surface area contributed by atoms with Crippen molar-refractivity contribution in [3.8, 4) is 0 Å². The van der Waals surface area contributed by atoms with Gasteiger partial charge in [0.15, 0.2) is 0 Å². The Kier molecular flexibility index (Phi) is 3.00. The Morgan fingerprint density at radius 3 is 2.70 bits per heavy atom. The van der Waals surface area contributed by atoms with Crippen LogP contribution in [0.15, 0.2) is 36.7 Å². The highest BCUT2D eigenvalue weighted by atomic mass is 32.2. The van der Waals surface area contributed by atoms with Gasteiger partial charge in [0.05, 0.1) is 5.60 Å². The molecule has 2 aliphatic heterocycles. The number of aliphatic hydroxyl groups is 1. The van der Waals surface area contributed by atoms with Crippen molar-refractivity contribution in [2.24, 2.45) is 0 Å². The van der Waals surface area contributed by atoms with Crippen molar-refractivity contribution in [2.45, 2.75) is 48.2 Å². The highest BCUT2D eigenvalue weighted by molar-refractivity contribution is 8.00. The lowest BCUT2D eigenvalue weighted by Gasteiger charge is -2.44. The minimum atomic E-state index is -0.627. The summed E-state index contributed by atoms with van der Waals surface area (Å²) in [6.07, 6.45) is 9.38. The molecule has 1 N–H and O–H groups in total. The lowest BCUT2D eigenvalue weighted by atomic mass is 9.80. The first-order chi connectivity index (χ1) is 9.73. The van der Waals surface area contributed by atoms with E-state index in [0.29, 0.717) is 10.5 Å². The molecule has 3 heterocycles. The van der Waals surface area contributed by atoms with E-state index in [-0.39, 0.29) is 0 Å². The lowest BCUT2D eigenvalue weighted by Crippen LogP contribution is -2.40. The molecule has 2 unspecified atom stereocenters. The summed E-state index contributed by atoms with van der Waals surface area (Å²) in [6, 6.07) is 8.37. The molecule has 0 spiro atoms. The fourth-order valence-corrected chi connectivity index (χ4v) is 5.62. The summed E-state index contributed by atoms with van der Waals surface area (Å²) in [4.78, 5) is 4.15. The molecule has 0 amide bonds. The second-order valence-electron chi connectivity index (χ2n) is 6.19. The highest BCUT2D eigenvalue weighted by Crippen LogP contribution is 2.49. The molecule has 0 radical (unpaired) electrons. The summed E-state index contributed by atoms with van der Waals surface area (Å²) in [5, 5.41) is 14.8. The molecule has 2 aliphatic rings. The molecular formula is C17H19NOS. The minimum Gasteiger partial charge on any atom is -0.385 e. The maximum Gasteiger partial charge on any atom is 0.0917 e. The molecule has 3 heteroatoms. The van der Waals surface area contributed by atoms with Crippen molar-refractivity contribution in [3.63, 3.8) is 0 Å². The predicted molar refractivity (Wildman–Crippen MR) is 83.9 cm³/mol. The summed E-state index contributed by atoms with van der Waals surface area (Å²) < 4.78 is 0. The molecule has 2 atom stereocenters. The van der Waals surface area contributed by atoms with E-state index in [0.717, 1.165) is 23.8 Å². The summed E-state index contributed by atoms with van der Waals surface area (Å²) in [5.74, 6) is 0. The quantitative estimate of drug-likeness (QED) is 0.863. The fourth-order valence-electron chi connectivity index (χ4n) is 3.73. The Hall–Kier alpha value is -1.06. The number of hydrogen-bond donors (Lipinski definition) is 1. The maximum absolute atomic E-state index is 11.2. The van der Waals surface area contributed by atoms with Gasteiger partial charge in [-0.2, -0.15) is 11.8 Å². The third-order valence-electron chi connectivity index (χ3n) is 4.75. The van der Waals surface area contributed by atoms with E-state index >= 15 is 0 Å². The topological polar surface area (TPSA) is 33.1 Å². The Labute approximate surface area is 123 Å². The SMILES string of the molecule is OC1(c2ccc3cnccc3c2)CC2CCCC(C1)S2. The summed E-state index contributed by atoms with van der Waals surface area (Å²) >= 11 is 2.10. The smallest absolute Gasteiger partial charge is 0.0917 e. The largest absolute Gasteiger partial charge is 0.385 e. The summed E-state index contributed by atoms with van der Waals surface area (Å²) in [5.41, 5.74) is 0.465. The van der Waals surface area contributed by atoms with E-state index in [2.05, 4.69) is 34.9 Å². The van der Waals surface area contributed by atoms with E-state index in [9.17, 15) is 5.11 Å². The van der Waals surface area contributed by atoms with Crippen LogP contribution in [0.3, 0.4) is 0 Å². The van der Waals surface area contributed by atoms with Gasteiger partial charge in [0.25, 0.3) is 0 Å². The molecule has 2 nitrogen and oxygen atoms in total. The van der Waals surface area contributed by atoms with Crippen LogP contribution in [0, 0.1) is 0 Å². The third-order valence-corrected chi connectivity index (χ3v) is 6.32. The molecule has 1 aromatic heterocycles. The molecule has 20 heavy (non-hydrogen) atoms. The van der Waals surface area contributed by atoms with Gasteiger partial charge in [-0.1, -0.05) is 18.6 Å². The van der Waals surface area contributed by atoms with Crippen LogP contribution < -0.4 is 0 Å². The number of hydrogen-bond acceptors (Lipinski definition) is 3. The summed E-state index contributed by atoms with van der Waals surface area (Å²) in [7, 11) is 0. The Balaban J connectivity index is 1.73. The van der Waals surface area contributed by atoms with Gasteiger partial charge in [-0.05, 0) is 48.8 Å². The molecule has 2 saturated heterocycles. The third kappa shape index (κ3) is 2.13. The number of aromatic nitrogens is 1. The van der Waals surface area contributed by atoms with Crippen molar-refractivity contribution in [2.75, 3.05) is 0 Å². The van der Waals surface area contributed by atoms with Crippen LogP contribution in [-0.2, 0) is 5.60 Å². The number of nitrogens with zero attached hydrogens (tertiary/aromatic N) is 1. The molecule has 104 valence electrons. The van der Waals surface area contributed by atoms with Crippen LogP contribution in [0.4, 0.5) is 0 Å². The van der Waals surface area contributed by atoms with Crippen LogP contribution in [-0.4, -0.2) is 20.6 Å². The first-order valence-corrected chi connectivity index (χ1v) is 8.39. The first kappa shape index (κ1) is 12.7. The predicted octanol–water partition coefficient (Wildman–Crippen LogP) is 3.87. The van der Waals surface area contributed by atoms with Crippen molar-refractivity contribution in [1.82, 2.24) is 4.98 Å². The van der Waals surface area contributed by atoms with E-state index in [4.69, 9.17) is 0 Å². The van der Waals surface area contributed by atoms with Gasteiger partial charge in [0, 0.05) is 28.3 Å². The first-order valence-electron chi connectivity index (χ1n) is 7.45. The van der Waals surface area contributed by atoms with Crippen molar-refractivity contribution < 1.29 is 5.11 Å². The van der Waals surface area contributed by atoms with Crippen LogP contribution in [0.2, 0.25) is 0 Å².